The molecule has 0 fully saturated rings. The van der Waals surface area contributed by atoms with E-state index >= 15 is 0 Å². The molecule has 0 bridgehead atoms. The van der Waals surface area contributed by atoms with Crippen LogP contribution in [0.3, 0.4) is 0 Å². The Hall–Kier alpha value is -1.46. The molecule has 0 aliphatic carbocycles. The van der Waals surface area contributed by atoms with Gasteiger partial charge in [0.15, 0.2) is 0 Å². The van der Waals surface area contributed by atoms with E-state index in [1.54, 1.807) is 17.5 Å². The topological polar surface area (TPSA) is 57.8 Å². The van der Waals surface area contributed by atoms with E-state index in [4.69, 9.17) is 0 Å². The fraction of sp³-hybridized carbons (Fsp3) is 0.385. The molecule has 96 valence electrons. The minimum atomic E-state index is -0.0672. The van der Waals surface area contributed by atoms with Crippen molar-refractivity contribution in [2.24, 2.45) is 5.92 Å². The number of aromatic amines is 1. The maximum atomic E-state index is 11.9. The van der Waals surface area contributed by atoms with Gasteiger partial charge in [-0.15, -0.1) is 0 Å². The molecule has 0 aromatic carbocycles. The van der Waals surface area contributed by atoms with Crippen LogP contribution in [0.1, 0.15) is 19.4 Å². The molecule has 2 heterocycles. The molecule has 0 amide bonds. The SMILES string of the molecule is CC(C)CNCc1cnc(-c2ccsc2)[nH]c1=O. The highest BCUT2D eigenvalue weighted by Gasteiger charge is 2.05. The first-order valence-corrected chi connectivity index (χ1v) is 6.92. The Labute approximate surface area is 110 Å². The van der Waals surface area contributed by atoms with Crippen LogP contribution in [0.25, 0.3) is 11.4 Å². The van der Waals surface area contributed by atoms with E-state index in [9.17, 15) is 4.79 Å². The minimum Gasteiger partial charge on any atom is -0.312 e. The number of hydrogen-bond donors (Lipinski definition) is 2. The van der Waals surface area contributed by atoms with Crippen molar-refractivity contribution in [1.29, 1.82) is 0 Å². The second-order valence-electron chi connectivity index (χ2n) is 4.62. The molecule has 0 saturated heterocycles. The Morgan fingerprint density at radius 3 is 2.94 bits per heavy atom. The molecule has 2 aromatic heterocycles. The summed E-state index contributed by atoms with van der Waals surface area (Å²) in [5.74, 6) is 1.20. The minimum absolute atomic E-state index is 0.0672. The third-order valence-corrected chi connectivity index (χ3v) is 3.22. The van der Waals surface area contributed by atoms with Crippen LogP contribution in [0, 0.1) is 5.92 Å². The van der Waals surface area contributed by atoms with Crippen molar-refractivity contribution >= 4 is 11.3 Å². The van der Waals surface area contributed by atoms with E-state index in [0.29, 0.717) is 23.9 Å². The van der Waals surface area contributed by atoms with Crippen LogP contribution in [0.15, 0.2) is 27.8 Å². The number of nitrogens with one attached hydrogen (secondary N) is 2. The molecule has 0 atom stereocenters. The van der Waals surface area contributed by atoms with E-state index in [-0.39, 0.29) is 5.56 Å². The second kappa shape index (κ2) is 5.93. The Balaban J connectivity index is 2.09. The van der Waals surface area contributed by atoms with Crippen LogP contribution < -0.4 is 10.9 Å². The van der Waals surface area contributed by atoms with Gasteiger partial charge in [-0.05, 0) is 23.9 Å². The van der Waals surface area contributed by atoms with Gasteiger partial charge in [0.05, 0.1) is 0 Å². The van der Waals surface area contributed by atoms with Gasteiger partial charge in [-0.3, -0.25) is 4.79 Å². The van der Waals surface area contributed by atoms with Crippen molar-refractivity contribution in [2.75, 3.05) is 6.54 Å². The summed E-state index contributed by atoms with van der Waals surface area (Å²) in [7, 11) is 0. The molecule has 4 nitrogen and oxygen atoms in total. The van der Waals surface area contributed by atoms with Gasteiger partial charge in [0.25, 0.3) is 5.56 Å². The van der Waals surface area contributed by atoms with Crippen LogP contribution in [0.2, 0.25) is 0 Å². The lowest BCUT2D eigenvalue weighted by molar-refractivity contribution is 0.550. The monoisotopic (exact) mass is 263 g/mol. The van der Waals surface area contributed by atoms with E-state index in [2.05, 4.69) is 29.1 Å². The lowest BCUT2D eigenvalue weighted by atomic mass is 10.2. The summed E-state index contributed by atoms with van der Waals surface area (Å²) in [5, 5.41) is 7.17. The molecule has 2 rings (SSSR count). The van der Waals surface area contributed by atoms with Crippen LogP contribution in [-0.4, -0.2) is 16.5 Å². The van der Waals surface area contributed by atoms with Crippen LogP contribution in [0.4, 0.5) is 0 Å². The maximum absolute atomic E-state index is 11.9. The zero-order valence-corrected chi connectivity index (χ0v) is 11.4. The molecule has 0 saturated carbocycles. The fourth-order valence-corrected chi connectivity index (χ4v) is 2.23. The Kier molecular flexibility index (Phi) is 4.28. The Bertz CT molecular complexity index is 546. The predicted molar refractivity (Wildman–Crippen MR) is 74.7 cm³/mol. The molecule has 0 radical (unpaired) electrons. The molecule has 0 spiro atoms. The number of aromatic nitrogens is 2. The predicted octanol–water partition coefficient (Wildman–Crippen LogP) is 2.24. The fourth-order valence-electron chi connectivity index (χ4n) is 1.59. The summed E-state index contributed by atoms with van der Waals surface area (Å²) >= 11 is 1.59. The van der Waals surface area contributed by atoms with Crippen molar-refractivity contribution < 1.29 is 0 Å². The smallest absolute Gasteiger partial charge is 0.255 e. The van der Waals surface area contributed by atoms with Crippen LogP contribution in [0.5, 0.6) is 0 Å². The van der Waals surface area contributed by atoms with E-state index in [1.807, 2.05) is 16.8 Å². The van der Waals surface area contributed by atoms with Crippen molar-refractivity contribution in [3.63, 3.8) is 0 Å². The average Bonchev–Trinajstić information content (AvgIpc) is 2.84. The quantitative estimate of drug-likeness (QED) is 0.870. The van der Waals surface area contributed by atoms with Crippen molar-refractivity contribution in [3.8, 4) is 11.4 Å². The van der Waals surface area contributed by atoms with Crippen molar-refractivity contribution in [2.45, 2.75) is 20.4 Å². The van der Waals surface area contributed by atoms with Gasteiger partial charge >= 0.3 is 0 Å². The van der Waals surface area contributed by atoms with E-state index < -0.39 is 0 Å². The first-order chi connectivity index (χ1) is 8.66. The first-order valence-electron chi connectivity index (χ1n) is 5.98. The van der Waals surface area contributed by atoms with Gasteiger partial charge < -0.3 is 10.3 Å². The normalized spacial score (nSPS) is 11.1. The second-order valence-corrected chi connectivity index (χ2v) is 5.40. The maximum Gasteiger partial charge on any atom is 0.255 e. The van der Waals surface area contributed by atoms with Gasteiger partial charge in [-0.1, -0.05) is 13.8 Å². The van der Waals surface area contributed by atoms with Gasteiger partial charge in [0.2, 0.25) is 0 Å². The van der Waals surface area contributed by atoms with Crippen molar-refractivity contribution in [3.05, 3.63) is 38.9 Å². The standard InChI is InChI=1S/C13H17N3OS/c1-9(2)5-14-6-11-7-15-12(16-13(11)17)10-3-4-18-8-10/h3-4,7-9,14H,5-6H2,1-2H3,(H,15,16,17). The summed E-state index contributed by atoms with van der Waals surface area (Å²) in [6, 6.07) is 1.94. The number of rotatable bonds is 5. The Morgan fingerprint density at radius 2 is 2.33 bits per heavy atom. The third-order valence-electron chi connectivity index (χ3n) is 2.54. The van der Waals surface area contributed by atoms with Crippen LogP contribution in [-0.2, 0) is 6.54 Å². The molecule has 0 aliphatic heterocycles. The molecule has 18 heavy (non-hydrogen) atoms. The zero-order chi connectivity index (χ0) is 13.0. The van der Waals surface area contributed by atoms with Crippen LogP contribution >= 0.6 is 11.3 Å². The third kappa shape index (κ3) is 3.27. The lowest BCUT2D eigenvalue weighted by Crippen LogP contribution is -2.24. The molecular formula is C13H17N3OS. The highest BCUT2D eigenvalue weighted by molar-refractivity contribution is 7.08. The zero-order valence-electron chi connectivity index (χ0n) is 10.6. The molecular weight excluding hydrogens is 246 g/mol. The van der Waals surface area contributed by atoms with Gasteiger partial charge in [-0.2, -0.15) is 11.3 Å². The molecule has 2 N–H and O–H groups in total. The number of nitrogens with zero attached hydrogens (tertiary/aromatic N) is 1. The largest absolute Gasteiger partial charge is 0.312 e. The summed E-state index contributed by atoms with van der Waals surface area (Å²) in [6.45, 7) is 5.72. The summed E-state index contributed by atoms with van der Waals surface area (Å²) < 4.78 is 0. The number of hydrogen-bond acceptors (Lipinski definition) is 4. The molecule has 0 aliphatic rings. The summed E-state index contributed by atoms with van der Waals surface area (Å²) in [4.78, 5) is 19.0. The van der Waals surface area contributed by atoms with Crippen molar-refractivity contribution in [1.82, 2.24) is 15.3 Å². The summed E-state index contributed by atoms with van der Waals surface area (Å²) in [6.07, 6.45) is 1.65. The van der Waals surface area contributed by atoms with Gasteiger partial charge in [0, 0.05) is 29.2 Å². The molecule has 0 unspecified atom stereocenters. The van der Waals surface area contributed by atoms with Gasteiger partial charge in [-0.25, -0.2) is 4.98 Å². The summed E-state index contributed by atoms with van der Waals surface area (Å²) in [5.41, 5.74) is 1.57. The highest BCUT2D eigenvalue weighted by atomic mass is 32.1. The van der Waals surface area contributed by atoms with E-state index in [1.165, 1.54) is 0 Å². The number of thiophene rings is 1. The first kappa shape index (κ1) is 13.0. The Morgan fingerprint density at radius 1 is 1.50 bits per heavy atom. The molecule has 5 heteroatoms. The average molecular weight is 263 g/mol. The highest BCUT2D eigenvalue weighted by Crippen LogP contribution is 2.16. The number of H-pyrrole nitrogens is 1. The van der Waals surface area contributed by atoms with E-state index in [0.717, 1.165) is 12.1 Å². The molecule has 2 aromatic rings. The van der Waals surface area contributed by atoms with Gasteiger partial charge in [0.1, 0.15) is 5.82 Å². The lowest BCUT2D eigenvalue weighted by Gasteiger charge is -2.06.